The molecule has 1 aromatic carbocycles. The van der Waals surface area contributed by atoms with Crippen molar-refractivity contribution in [3.63, 3.8) is 0 Å². The number of ether oxygens (including phenoxy) is 1. The molecular weight excluding hydrogens is 278 g/mol. The molecule has 0 radical (unpaired) electrons. The van der Waals surface area contributed by atoms with E-state index in [1.165, 1.54) is 0 Å². The normalized spacial score (nSPS) is 21.3. The van der Waals surface area contributed by atoms with E-state index in [4.69, 9.17) is 4.74 Å². The van der Waals surface area contributed by atoms with E-state index in [0.29, 0.717) is 13.0 Å². The maximum absolute atomic E-state index is 12.7. The molecule has 0 aliphatic carbocycles. The zero-order valence-corrected chi connectivity index (χ0v) is 13.8. The molecule has 4 nitrogen and oxygen atoms in total. The minimum atomic E-state index is -0.449. The summed E-state index contributed by atoms with van der Waals surface area (Å²) < 4.78 is 5.90. The molecule has 4 heteroatoms. The molecule has 1 aromatic rings. The van der Waals surface area contributed by atoms with Gasteiger partial charge < -0.3 is 14.7 Å². The lowest BCUT2D eigenvalue weighted by molar-refractivity contribution is -0.141. The molecule has 22 heavy (non-hydrogen) atoms. The minimum absolute atomic E-state index is 0.0364. The molecule has 1 N–H and O–H groups in total. The predicted molar refractivity (Wildman–Crippen MR) is 86.9 cm³/mol. The second kappa shape index (κ2) is 7.63. The number of hydrogen-bond donors (Lipinski definition) is 1. The van der Waals surface area contributed by atoms with Crippen LogP contribution in [0.25, 0.3) is 0 Å². The number of carbonyl (C=O) groups excluding carboxylic acids is 1. The molecule has 1 heterocycles. The Balaban J connectivity index is 2.02. The Morgan fingerprint density at radius 2 is 2.27 bits per heavy atom. The molecule has 1 aliphatic heterocycles. The van der Waals surface area contributed by atoms with Crippen molar-refractivity contribution in [2.75, 3.05) is 13.1 Å². The lowest BCUT2D eigenvalue weighted by atomic mass is 9.93. The van der Waals surface area contributed by atoms with Crippen LogP contribution in [0.2, 0.25) is 0 Å². The van der Waals surface area contributed by atoms with Crippen molar-refractivity contribution in [1.29, 1.82) is 0 Å². The van der Waals surface area contributed by atoms with Gasteiger partial charge in [0.25, 0.3) is 5.91 Å². The van der Waals surface area contributed by atoms with Gasteiger partial charge in [-0.2, -0.15) is 0 Å². The summed E-state index contributed by atoms with van der Waals surface area (Å²) in [4.78, 5) is 14.6. The maximum atomic E-state index is 12.7. The molecular formula is C18H27NO3. The van der Waals surface area contributed by atoms with E-state index in [2.05, 4.69) is 0 Å². The van der Waals surface area contributed by atoms with E-state index < -0.39 is 6.10 Å². The van der Waals surface area contributed by atoms with Crippen LogP contribution in [-0.4, -0.2) is 41.2 Å². The van der Waals surface area contributed by atoms with Crippen molar-refractivity contribution in [3.8, 4) is 5.75 Å². The Morgan fingerprint density at radius 3 is 2.91 bits per heavy atom. The smallest absolute Gasteiger partial charge is 0.263 e. The largest absolute Gasteiger partial charge is 0.481 e. The van der Waals surface area contributed by atoms with Gasteiger partial charge in [-0.05, 0) is 50.8 Å². The summed E-state index contributed by atoms with van der Waals surface area (Å²) in [5.41, 5.74) is 1.12. The average Bonchev–Trinajstić information content (AvgIpc) is 2.52. The first-order chi connectivity index (χ1) is 10.5. The van der Waals surface area contributed by atoms with Crippen LogP contribution in [0.5, 0.6) is 5.75 Å². The van der Waals surface area contributed by atoms with Crippen molar-refractivity contribution >= 4 is 5.91 Å². The van der Waals surface area contributed by atoms with Crippen molar-refractivity contribution in [1.82, 2.24) is 4.90 Å². The van der Waals surface area contributed by atoms with Crippen LogP contribution in [0.3, 0.4) is 0 Å². The van der Waals surface area contributed by atoms with Gasteiger partial charge in [0.2, 0.25) is 0 Å². The van der Waals surface area contributed by atoms with E-state index in [1.807, 2.05) is 43.0 Å². The summed E-state index contributed by atoms with van der Waals surface area (Å²) in [5, 5.41) is 9.77. The number of rotatable bonds is 5. The van der Waals surface area contributed by atoms with E-state index in [9.17, 15) is 9.90 Å². The van der Waals surface area contributed by atoms with Crippen LogP contribution in [0, 0.1) is 12.8 Å². The van der Waals surface area contributed by atoms with Crippen molar-refractivity contribution in [2.24, 2.45) is 5.92 Å². The number of carbonyl (C=O) groups is 1. The van der Waals surface area contributed by atoms with Crippen LogP contribution in [0.1, 0.15) is 38.7 Å². The first kappa shape index (κ1) is 16.8. The molecule has 1 saturated heterocycles. The third-order valence-corrected chi connectivity index (χ3v) is 4.37. The van der Waals surface area contributed by atoms with Gasteiger partial charge in [-0.25, -0.2) is 0 Å². The van der Waals surface area contributed by atoms with Gasteiger partial charge in [-0.15, -0.1) is 0 Å². The van der Waals surface area contributed by atoms with Crippen molar-refractivity contribution in [2.45, 2.75) is 52.2 Å². The molecule has 0 saturated carbocycles. The molecule has 3 unspecified atom stereocenters. The molecule has 0 spiro atoms. The van der Waals surface area contributed by atoms with Gasteiger partial charge in [0.15, 0.2) is 6.10 Å². The van der Waals surface area contributed by atoms with Crippen molar-refractivity contribution < 1.29 is 14.6 Å². The molecule has 122 valence electrons. The molecule has 0 aromatic heterocycles. The summed E-state index contributed by atoms with van der Waals surface area (Å²) in [6.07, 6.45) is 1.75. The number of likely N-dealkylation sites (tertiary alicyclic amines) is 1. The van der Waals surface area contributed by atoms with Gasteiger partial charge >= 0.3 is 0 Å². The summed E-state index contributed by atoms with van der Waals surface area (Å²) in [5.74, 6) is 0.952. The van der Waals surface area contributed by atoms with Gasteiger partial charge in [0.05, 0.1) is 6.10 Å². The number of aliphatic hydroxyl groups is 1. The van der Waals surface area contributed by atoms with E-state index >= 15 is 0 Å². The fraction of sp³-hybridized carbons (Fsp3) is 0.611. The highest BCUT2D eigenvalue weighted by Gasteiger charge is 2.30. The van der Waals surface area contributed by atoms with E-state index in [0.717, 1.165) is 30.7 Å². The topological polar surface area (TPSA) is 49.8 Å². The van der Waals surface area contributed by atoms with Gasteiger partial charge in [0.1, 0.15) is 5.75 Å². The molecule has 1 aliphatic rings. The molecule has 2 rings (SSSR count). The number of aliphatic hydroxyl groups excluding tert-OH is 1. The standard InChI is InChI=1S/C18H27NO3/c1-4-17(22-16-9-5-7-13(2)11-16)18(21)19-10-6-8-15(12-19)14(3)20/h5,7,9,11,14-15,17,20H,4,6,8,10,12H2,1-3H3. The maximum Gasteiger partial charge on any atom is 0.263 e. The lowest BCUT2D eigenvalue weighted by Gasteiger charge is -2.36. The van der Waals surface area contributed by atoms with E-state index in [1.54, 1.807) is 6.92 Å². The highest BCUT2D eigenvalue weighted by Crippen LogP contribution is 2.22. The molecule has 3 atom stereocenters. The highest BCUT2D eigenvalue weighted by molar-refractivity contribution is 5.81. The van der Waals surface area contributed by atoms with Crippen LogP contribution < -0.4 is 4.74 Å². The number of nitrogens with zero attached hydrogens (tertiary/aromatic N) is 1. The molecule has 1 amide bonds. The first-order valence-corrected chi connectivity index (χ1v) is 8.21. The zero-order chi connectivity index (χ0) is 16.1. The van der Waals surface area contributed by atoms with Crippen molar-refractivity contribution in [3.05, 3.63) is 29.8 Å². The third kappa shape index (κ3) is 4.23. The van der Waals surface area contributed by atoms with Gasteiger partial charge in [-0.3, -0.25) is 4.79 Å². The monoisotopic (exact) mass is 305 g/mol. The molecule has 0 bridgehead atoms. The Labute approximate surface area is 133 Å². The Hall–Kier alpha value is -1.55. The lowest BCUT2D eigenvalue weighted by Crippen LogP contribution is -2.48. The fourth-order valence-corrected chi connectivity index (χ4v) is 2.97. The number of hydrogen-bond acceptors (Lipinski definition) is 3. The second-order valence-corrected chi connectivity index (χ2v) is 6.26. The Bertz CT molecular complexity index is 501. The van der Waals surface area contributed by atoms with Crippen LogP contribution in [0.4, 0.5) is 0 Å². The summed E-state index contributed by atoms with van der Waals surface area (Å²) in [7, 11) is 0. The number of amides is 1. The average molecular weight is 305 g/mol. The second-order valence-electron chi connectivity index (χ2n) is 6.26. The van der Waals surface area contributed by atoms with Gasteiger partial charge in [0, 0.05) is 19.0 Å². The first-order valence-electron chi connectivity index (χ1n) is 8.21. The number of aryl methyl sites for hydroxylation is 1. The minimum Gasteiger partial charge on any atom is -0.481 e. The Kier molecular flexibility index (Phi) is 5.83. The van der Waals surface area contributed by atoms with E-state index in [-0.39, 0.29) is 17.9 Å². The predicted octanol–water partition coefficient (Wildman–Crippen LogP) is 2.77. The number of piperidine rings is 1. The van der Waals surface area contributed by atoms with Gasteiger partial charge in [-0.1, -0.05) is 19.1 Å². The summed E-state index contributed by atoms with van der Waals surface area (Å²) >= 11 is 0. The van der Waals surface area contributed by atoms with Crippen LogP contribution >= 0.6 is 0 Å². The van der Waals surface area contributed by atoms with Crippen LogP contribution in [0.15, 0.2) is 24.3 Å². The Morgan fingerprint density at radius 1 is 1.50 bits per heavy atom. The summed E-state index contributed by atoms with van der Waals surface area (Å²) in [6.45, 7) is 7.17. The zero-order valence-electron chi connectivity index (χ0n) is 13.8. The third-order valence-electron chi connectivity index (χ3n) is 4.37. The highest BCUT2D eigenvalue weighted by atomic mass is 16.5. The number of benzene rings is 1. The SMILES string of the molecule is CCC(Oc1cccc(C)c1)C(=O)N1CCCC(C(C)O)C1. The summed E-state index contributed by atoms with van der Waals surface area (Å²) in [6, 6.07) is 7.78. The fourth-order valence-electron chi connectivity index (χ4n) is 2.97. The molecule has 1 fully saturated rings. The van der Waals surface area contributed by atoms with Crippen LogP contribution in [-0.2, 0) is 4.79 Å². The quantitative estimate of drug-likeness (QED) is 0.910.